The van der Waals surface area contributed by atoms with Crippen LogP contribution in [0.4, 0.5) is 5.69 Å². The molecule has 94 valence electrons. The van der Waals surface area contributed by atoms with Crippen LogP contribution >= 0.6 is 0 Å². The van der Waals surface area contributed by atoms with Crippen LogP contribution in [-0.4, -0.2) is 14.2 Å². The van der Waals surface area contributed by atoms with Crippen LogP contribution in [0.3, 0.4) is 0 Å². The average Bonchev–Trinajstić information content (AvgIpc) is 2.45. The van der Waals surface area contributed by atoms with E-state index in [9.17, 15) is 0 Å². The molecule has 0 spiro atoms. The quantitative estimate of drug-likeness (QED) is 0.873. The van der Waals surface area contributed by atoms with Gasteiger partial charge in [-0.2, -0.15) is 0 Å². The number of hydrogen-bond donors (Lipinski definition) is 1. The molecule has 2 rings (SSSR count). The fraction of sp³-hybridized carbons (Fsp3) is 0.200. The summed E-state index contributed by atoms with van der Waals surface area (Å²) in [6, 6.07) is 16.0. The van der Waals surface area contributed by atoms with Gasteiger partial charge in [0.15, 0.2) is 0 Å². The highest BCUT2D eigenvalue weighted by Crippen LogP contribution is 2.26. The SMILES string of the molecule is COc1cc(NCc2ccccc2)cc(OC)c1. The Kier molecular flexibility index (Phi) is 4.07. The molecule has 0 saturated heterocycles. The van der Waals surface area contributed by atoms with Crippen molar-refractivity contribution in [2.24, 2.45) is 0 Å². The summed E-state index contributed by atoms with van der Waals surface area (Å²) in [4.78, 5) is 0. The van der Waals surface area contributed by atoms with Crippen LogP contribution in [0.1, 0.15) is 5.56 Å². The van der Waals surface area contributed by atoms with E-state index in [-0.39, 0.29) is 0 Å². The molecule has 0 aliphatic heterocycles. The Hall–Kier alpha value is -2.16. The molecule has 1 N–H and O–H groups in total. The molecule has 3 nitrogen and oxygen atoms in total. The Morgan fingerprint density at radius 3 is 2.06 bits per heavy atom. The van der Waals surface area contributed by atoms with Gasteiger partial charge in [0.25, 0.3) is 0 Å². The molecule has 18 heavy (non-hydrogen) atoms. The summed E-state index contributed by atoms with van der Waals surface area (Å²) in [5.74, 6) is 1.56. The Labute approximate surface area is 107 Å². The van der Waals surface area contributed by atoms with E-state index in [0.717, 1.165) is 23.7 Å². The molecule has 0 fully saturated rings. The van der Waals surface area contributed by atoms with Crippen molar-refractivity contribution in [3.8, 4) is 11.5 Å². The first-order valence-corrected chi connectivity index (χ1v) is 5.82. The van der Waals surface area contributed by atoms with Crippen LogP contribution in [0.2, 0.25) is 0 Å². The molecular formula is C15H17NO2. The molecule has 3 heteroatoms. The summed E-state index contributed by atoms with van der Waals surface area (Å²) in [6.07, 6.45) is 0. The lowest BCUT2D eigenvalue weighted by molar-refractivity contribution is 0.394. The zero-order valence-electron chi connectivity index (χ0n) is 10.6. The van der Waals surface area contributed by atoms with Crippen molar-refractivity contribution >= 4 is 5.69 Å². The lowest BCUT2D eigenvalue weighted by atomic mass is 10.2. The predicted molar refractivity (Wildman–Crippen MR) is 73.3 cm³/mol. The van der Waals surface area contributed by atoms with E-state index < -0.39 is 0 Å². The van der Waals surface area contributed by atoms with Crippen LogP contribution in [0.5, 0.6) is 11.5 Å². The lowest BCUT2D eigenvalue weighted by Gasteiger charge is -2.10. The van der Waals surface area contributed by atoms with Crippen molar-refractivity contribution in [2.45, 2.75) is 6.54 Å². The smallest absolute Gasteiger partial charge is 0.124 e. The van der Waals surface area contributed by atoms with E-state index in [0.29, 0.717) is 0 Å². The predicted octanol–water partition coefficient (Wildman–Crippen LogP) is 3.32. The average molecular weight is 243 g/mol. The topological polar surface area (TPSA) is 30.5 Å². The van der Waals surface area contributed by atoms with Crippen LogP contribution in [0.15, 0.2) is 48.5 Å². The van der Waals surface area contributed by atoms with Crippen molar-refractivity contribution in [1.29, 1.82) is 0 Å². The first-order chi connectivity index (χ1) is 8.81. The molecule has 0 atom stereocenters. The van der Waals surface area contributed by atoms with Crippen LogP contribution in [0, 0.1) is 0 Å². The number of anilines is 1. The van der Waals surface area contributed by atoms with Gasteiger partial charge in [-0.25, -0.2) is 0 Å². The van der Waals surface area contributed by atoms with Crippen LogP contribution in [0.25, 0.3) is 0 Å². The van der Waals surface area contributed by atoms with Crippen molar-refractivity contribution in [1.82, 2.24) is 0 Å². The van der Waals surface area contributed by atoms with Gasteiger partial charge in [0.2, 0.25) is 0 Å². The molecule has 2 aromatic rings. The fourth-order valence-electron chi connectivity index (χ4n) is 1.71. The van der Waals surface area contributed by atoms with Gasteiger partial charge in [0, 0.05) is 30.4 Å². The molecule has 0 aliphatic carbocycles. The van der Waals surface area contributed by atoms with Crippen molar-refractivity contribution in [2.75, 3.05) is 19.5 Å². The summed E-state index contributed by atoms with van der Waals surface area (Å²) in [5.41, 5.74) is 2.22. The standard InChI is InChI=1S/C15H17NO2/c1-17-14-8-13(9-15(10-14)18-2)16-11-12-6-4-3-5-7-12/h3-10,16H,11H2,1-2H3. The number of ether oxygens (including phenoxy) is 2. The molecule has 0 aromatic heterocycles. The largest absolute Gasteiger partial charge is 0.497 e. The number of benzene rings is 2. The second-order valence-electron chi connectivity index (χ2n) is 3.94. The number of rotatable bonds is 5. The second kappa shape index (κ2) is 5.96. The maximum atomic E-state index is 5.23. The van der Waals surface area contributed by atoms with Gasteiger partial charge in [-0.3, -0.25) is 0 Å². The Morgan fingerprint density at radius 2 is 1.50 bits per heavy atom. The second-order valence-corrected chi connectivity index (χ2v) is 3.94. The maximum absolute atomic E-state index is 5.23. The molecule has 0 amide bonds. The van der Waals surface area contributed by atoms with E-state index in [2.05, 4.69) is 17.4 Å². The van der Waals surface area contributed by atoms with Crippen LogP contribution in [-0.2, 0) is 6.54 Å². The molecule has 0 unspecified atom stereocenters. The van der Waals surface area contributed by atoms with E-state index >= 15 is 0 Å². The minimum absolute atomic E-state index is 0.775. The lowest BCUT2D eigenvalue weighted by Crippen LogP contribution is -2.00. The normalized spacial score (nSPS) is 9.89. The van der Waals surface area contributed by atoms with Gasteiger partial charge in [-0.1, -0.05) is 30.3 Å². The molecule has 0 aliphatic rings. The van der Waals surface area contributed by atoms with Crippen molar-refractivity contribution in [3.05, 3.63) is 54.1 Å². The summed E-state index contributed by atoms with van der Waals surface area (Å²) in [5, 5.41) is 3.35. The van der Waals surface area contributed by atoms with E-state index in [1.165, 1.54) is 5.56 Å². The highest BCUT2D eigenvalue weighted by atomic mass is 16.5. The van der Waals surface area contributed by atoms with Gasteiger partial charge in [0.05, 0.1) is 14.2 Å². The minimum atomic E-state index is 0.775. The highest BCUT2D eigenvalue weighted by Gasteiger charge is 2.01. The van der Waals surface area contributed by atoms with Crippen molar-refractivity contribution < 1.29 is 9.47 Å². The zero-order valence-corrected chi connectivity index (χ0v) is 10.6. The number of nitrogens with one attached hydrogen (secondary N) is 1. The van der Waals surface area contributed by atoms with E-state index in [1.807, 2.05) is 36.4 Å². The summed E-state index contributed by atoms with van der Waals surface area (Å²) < 4.78 is 10.5. The van der Waals surface area contributed by atoms with Gasteiger partial charge < -0.3 is 14.8 Å². The van der Waals surface area contributed by atoms with Gasteiger partial charge >= 0.3 is 0 Å². The fourth-order valence-corrected chi connectivity index (χ4v) is 1.71. The summed E-state index contributed by atoms with van der Waals surface area (Å²) in [6.45, 7) is 0.775. The van der Waals surface area contributed by atoms with Gasteiger partial charge in [-0.05, 0) is 5.56 Å². The third-order valence-corrected chi connectivity index (χ3v) is 2.69. The van der Waals surface area contributed by atoms with E-state index in [1.54, 1.807) is 14.2 Å². The minimum Gasteiger partial charge on any atom is -0.497 e. The molecule has 0 bridgehead atoms. The van der Waals surface area contributed by atoms with Crippen molar-refractivity contribution in [3.63, 3.8) is 0 Å². The highest BCUT2D eigenvalue weighted by molar-refractivity contribution is 5.54. The molecular weight excluding hydrogens is 226 g/mol. The third kappa shape index (κ3) is 3.17. The maximum Gasteiger partial charge on any atom is 0.124 e. The Bertz CT molecular complexity index is 475. The Morgan fingerprint density at radius 1 is 0.889 bits per heavy atom. The number of methoxy groups -OCH3 is 2. The van der Waals surface area contributed by atoms with Gasteiger partial charge in [0.1, 0.15) is 11.5 Å². The first-order valence-electron chi connectivity index (χ1n) is 5.82. The molecule has 0 radical (unpaired) electrons. The first kappa shape index (κ1) is 12.3. The summed E-state index contributed by atoms with van der Waals surface area (Å²) >= 11 is 0. The molecule has 0 saturated carbocycles. The monoisotopic (exact) mass is 243 g/mol. The summed E-state index contributed by atoms with van der Waals surface area (Å²) in [7, 11) is 3.30. The van der Waals surface area contributed by atoms with Crippen LogP contribution < -0.4 is 14.8 Å². The molecule has 0 heterocycles. The van der Waals surface area contributed by atoms with E-state index in [4.69, 9.17) is 9.47 Å². The van der Waals surface area contributed by atoms with Gasteiger partial charge in [-0.15, -0.1) is 0 Å². The molecule has 2 aromatic carbocycles. The third-order valence-electron chi connectivity index (χ3n) is 2.69. The zero-order chi connectivity index (χ0) is 12.8. The Balaban J connectivity index is 2.09. The number of hydrogen-bond acceptors (Lipinski definition) is 3.